The summed E-state index contributed by atoms with van der Waals surface area (Å²) in [7, 11) is 0. The Kier molecular flexibility index (Phi) is 32.7. The SMILES string of the molecule is CC/C=C\C/C=C\C/C=C\CCCCCCCC(=O)OC(/C=C\CCCCCCC)CCCCCCC(=O)NC(CCCN)C(=O)O. The van der Waals surface area contributed by atoms with Crippen LogP contribution < -0.4 is 11.1 Å². The zero-order chi connectivity index (χ0) is 34.6. The van der Waals surface area contributed by atoms with Gasteiger partial charge in [-0.3, -0.25) is 9.59 Å². The number of hydrogen-bond acceptors (Lipinski definition) is 5. The van der Waals surface area contributed by atoms with Crippen LogP contribution in [-0.4, -0.2) is 41.6 Å². The summed E-state index contributed by atoms with van der Waals surface area (Å²) in [5.74, 6) is -1.35. The lowest BCUT2D eigenvalue weighted by atomic mass is 10.1. The Morgan fingerprint density at radius 2 is 1.23 bits per heavy atom. The van der Waals surface area contributed by atoms with E-state index >= 15 is 0 Å². The second-order valence-corrected chi connectivity index (χ2v) is 12.6. The van der Waals surface area contributed by atoms with E-state index in [9.17, 15) is 19.5 Å². The molecule has 0 heterocycles. The largest absolute Gasteiger partial charge is 0.480 e. The number of nitrogens with one attached hydrogen (secondary N) is 1. The Morgan fingerprint density at radius 1 is 0.660 bits per heavy atom. The highest BCUT2D eigenvalue weighted by Gasteiger charge is 2.19. The van der Waals surface area contributed by atoms with E-state index in [1.807, 2.05) is 0 Å². The normalized spacial score (nSPS) is 13.3. The molecule has 0 aliphatic carbocycles. The minimum absolute atomic E-state index is 0.108. The molecule has 0 saturated carbocycles. The molecule has 0 aromatic rings. The van der Waals surface area contributed by atoms with Gasteiger partial charge in [0.05, 0.1) is 0 Å². The van der Waals surface area contributed by atoms with Crippen LogP contribution in [0.1, 0.15) is 168 Å². The van der Waals surface area contributed by atoms with Gasteiger partial charge < -0.3 is 20.9 Å². The van der Waals surface area contributed by atoms with E-state index in [0.717, 1.165) is 83.5 Å². The van der Waals surface area contributed by atoms with Crippen molar-refractivity contribution in [3.05, 3.63) is 48.6 Å². The van der Waals surface area contributed by atoms with E-state index in [1.54, 1.807) is 0 Å². The first-order chi connectivity index (χ1) is 22.9. The number of esters is 1. The first-order valence-corrected chi connectivity index (χ1v) is 19.0. The summed E-state index contributed by atoms with van der Waals surface area (Å²) in [6.07, 6.45) is 40.2. The third kappa shape index (κ3) is 31.7. The Bertz CT molecular complexity index is 880. The molecule has 0 aromatic heterocycles. The lowest BCUT2D eigenvalue weighted by Gasteiger charge is -2.15. The summed E-state index contributed by atoms with van der Waals surface area (Å²) in [6, 6.07) is -0.872. The monoisotopic (exact) mass is 659 g/mol. The molecule has 1 amide bonds. The maximum Gasteiger partial charge on any atom is 0.326 e. The van der Waals surface area contributed by atoms with Crippen LogP contribution in [0.3, 0.4) is 0 Å². The molecule has 0 bridgehead atoms. The van der Waals surface area contributed by atoms with Gasteiger partial charge in [-0.25, -0.2) is 4.79 Å². The molecule has 4 N–H and O–H groups in total. The highest BCUT2D eigenvalue weighted by atomic mass is 16.5. The zero-order valence-electron chi connectivity index (χ0n) is 30.1. The Balaban J connectivity index is 4.31. The average molecular weight is 659 g/mol. The number of rotatable bonds is 33. The fourth-order valence-electron chi connectivity index (χ4n) is 5.25. The van der Waals surface area contributed by atoms with Gasteiger partial charge in [-0.15, -0.1) is 0 Å². The maximum atomic E-state index is 12.6. The van der Waals surface area contributed by atoms with E-state index < -0.39 is 12.0 Å². The van der Waals surface area contributed by atoms with Gasteiger partial charge in [0, 0.05) is 12.8 Å². The summed E-state index contributed by atoms with van der Waals surface area (Å²) >= 11 is 0. The van der Waals surface area contributed by atoms with E-state index in [-0.39, 0.29) is 18.0 Å². The molecule has 7 nitrogen and oxygen atoms in total. The van der Waals surface area contributed by atoms with Gasteiger partial charge in [-0.05, 0) is 96.1 Å². The van der Waals surface area contributed by atoms with Crippen LogP contribution in [0, 0.1) is 0 Å². The second-order valence-electron chi connectivity index (χ2n) is 12.6. The number of carboxylic acids is 1. The van der Waals surface area contributed by atoms with Gasteiger partial charge in [0.1, 0.15) is 12.1 Å². The van der Waals surface area contributed by atoms with E-state index in [2.05, 4.69) is 67.8 Å². The van der Waals surface area contributed by atoms with Crippen molar-refractivity contribution in [2.75, 3.05) is 6.54 Å². The molecule has 0 saturated heterocycles. The first-order valence-electron chi connectivity index (χ1n) is 19.0. The number of carbonyl (C=O) groups excluding carboxylic acids is 2. The van der Waals surface area contributed by atoms with Crippen LogP contribution in [0.5, 0.6) is 0 Å². The Hall–Kier alpha value is -2.67. The van der Waals surface area contributed by atoms with Crippen LogP contribution in [0.2, 0.25) is 0 Å². The van der Waals surface area contributed by atoms with Crippen molar-refractivity contribution < 1.29 is 24.2 Å². The third-order valence-electron chi connectivity index (χ3n) is 8.11. The maximum absolute atomic E-state index is 12.6. The molecule has 2 atom stereocenters. The molecule has 0 rings (SSSR count). The number of ether oxygens (including phenoxy) is 1. The Labute approximate surface area is 287 Å². The number of nitrogens with two attached hydrogens (primary N) is 1. The van der Waals surface area contributed by atoms with Crippen molar-refractivity contribution in [1.82, 2.24) is 5.32 Å². The van der Waals surface area contributed by atoms with E-state index in [1.165, 1.54) is 38.5 Å². The molecule has 2 unspecified atom stereocenters. The third-order valence-corrected chi connectivity index (χ3v) is 8.11. The number of carbonyl (C=O) groups is 3. The summed E-state index contributed by atoms with van der Waals surface area (Å²) in [6.45, 7) is 4.78. The smallest absolute Gasteiger partial charge is 0.326 e. The summed E-state index contributed by atoms with van der Waals surface area (Å²) in [5, 5.41) is 11.9. The first kappa shape index (κ1) is 44.3. The molecule has 47 heavy (non-hydrogen) atoms. The fraction of sp³-hybridized carbons (Fsp3) is 0.725. The topological polar surface area (TPSA) is 119 Å². The lowest BCUT2D eigenvalue weighted by molar-refractivity contribution is -0.147. The van der Waals surface area contributed by atoms with Crippen LogP contribution in [0.25, 0.3) is 0 Å². The number of aliphatic carboxylic acids is 1. The van der Waals surface area contributed by atoms with Gasteiger partial charge >= 0.3 is 11.9 Å². The summed E-state index contributed by atoms with van der Waals surface area (Å²) in [5.41, 5.74) is 5.47. The molecule has 0 fully saturated rings. The van der Waals surface area contributed by atoms with Gasteiger partial charge in [-0.2, -0.15) is 0 Å². The van der Waals surface area contributed by atoms with Crippen molar-refractivity contribution in [2.45, 2.75) is 180 Å². The molecule has 270 valence electrons. The highest BCUT2D eigenvalue weighted by molar-refractivity contribution is 5.83. The molecule has 0 spiro atoms. The summed E-state index contributed by atoms with van der Waals surface area (Å²) < 4.78 is 5.89. The minimum Gasteiger partial charge on any atom is -0.480 e. The van der Waals surface area contributed by atoms with Crippen molar-refractivity contribution in [2.24, 2.45) is 5.73 Å². The van der Waals surface area contributed by atoms with E-state index in [4.69, 9.17) is 10.5 Å². The number of carboxylic acid groups (broad SMARTS) is 1. The molecule has 0 aromatic carbocycles. The molecule has 0 radical (unpaired) electrons. The molecule has 0 aliphatic rings. The van der Waals surface area contributed by atoms with Crippen molar-refractivity contribution in [1.29, 1.82) is 0 Å². The predicted octanol–water partition coefficient (Wildman–Crippen LogP) is 10.1. The van der Waals surface area contributed by atoms with Crippen molar-refractivity contribution in [3.63, 3.8) is 0 Å². The molecular weight excluding hydrogens is 588 g/mol. The number of unbranched alkanes of at least 4 members (excludes halogenated alkanes) is 13. The van der Waals surface area contributed by atoms with Crippen LogP contribution in [0.15, 0.2) is 48.6 Å². The standard InChI is InChI=1S/C40H70N2O5/c1-3-5-7-9-11-12-13-14-15-16-17-18-20-22-28-34-39(44)47-36(30-25-21-19-10-8-6-4-2)31-26-23-24-27-33-38(43)42-37(40(45)46)32-29-35-41/h5,7,11-12,14-15,25,30,36-37H,3-4,6,8-10,13,16-24,26-29,31-35,41H2,1-2H3,(H,42,43)(H,45,46)/b7-5-,12-11-,15-14-,30-25-. The highest BCUT2D eigenvalue weighted by Crippen LogP contribution is 2.15. The molecule has 7 heteroatoms. The van der Waals surface area contributed by atoms with Gasteiger partial charge in [0.25, 0.3) is 0 Å². The number of amides is 1. The predicted molar refractivity (Wildman–Crippen MR) is 197 cm³/mol. The zero-order valence-corrected chi connectivity index (χ0v) is 30.1. The quantitative estimate of drug-likeness (QED) is 0.0367. The lowest BCUT2D eigenvalue weighted by Crippen LogP contribution is -2.40. The van der Waals surface area contributed by atoms with Crippen LogP contribution in [-0.2, 0) is 19.1 Å². The van der Waals surface area contributed by atoms with Crippen molar-refractivity contribution >= 4 is 17.8 Å². The summed E-state index contributed by atoms with van der Waals surface area (Å²) in [4.78, 5) is 36.2. The van der Waals surface area contributed by atoms with E-state index in [0.29, 0.717) is 38.6 Å². The Morgan fingerprint density at radius 3 is 1.89 bits per heavy atom. The second kappa shape index (κ2) is 34.7. The molecule has 0 aliphatic heterocycles. The molecular formula is C40H70N2O5. The average Bonchev–Trinajstić information content (AvgIpc) is 3.05. The van der Waals surface area contributed by atoms with Gasteiger partial charge in [0.2, 0.25) is 5.91 Å². The number of allylic oxidation sites excluding steroid dienone is 7. The van der Waals surface area contributed by atoms with Crippen molar-refractivity contribution in [3.8, 4) is 0 Å². The van der Waals surface area contributed by atoms with Gasteiger partial charge in [0.15, 0.2) is 0 Å². The van der Waals surface area contributed by atoms with Crippen LogP contribution in [0.4, 0.5) is 0 Å². The minimum atomic E-state index is -1.02. The number of hydrogen-bond donors (Lipinski definition) is 3. The van der Waals surface area contributed by atoms with Crippen LogP contribution >= 0.6 is 0 Å². The fourth-order valence-corrected chi connectivity index (χ4v) is 5.25. The van der Waals surface area contributed by atoms with Gasteiger partial charge in [-0.1, -0.05) is 114 Å².